The molecule has 0 aliphatic rings. The Morgan fingerprint density at radius 1 is 1.59 bits per heavy atom. The molecule has 0 radical (unpaired) electrons. The number of methoxy groups -OCH3 is 1. The average Bonchev–Trinajstić information content (AvgIpc) is 2.77. The van der Waals surface area contributed by atoms with Gasteiger partial charge in [-0.05, 0) is 19.4 Å². The Hall–Kier alpha value is -1.36. The molecule has 0 aliphatic heterocycles. The van der Waals surface area contributed by atoms with E-state index >= 15 is 0 Å². The predicted molar refractivity (Wildman–Crippen MR) is 65.5 cm³/mol. The van der Waals surface area contributed by atoms with E-state index in [0.717, 1.165) is 18.7 Å². The Kier molecular flexibility index (Phi) is 5.15. The van der Waals surface area contributed by atoms with Gasteiger partial charge in [0.05, 0.1) is 13.3 Å². The maximum Gasteiger partial charge on any atom is 0.327 e. The van der Waals surface area contributed by atoms with Gasteiger partial charge in [0.1, 0.15) is 6.04 Å². The summed E-state index contributed by atoms with van der Waals surface area (Å²) in [4.78, 5) is 11.7. The summed E-state index contributed by atoms with van der Waals surface area (Å²) in [5, 5.41) is 7.36. The van der Waals surface area contributed by atoms with Crippen molar-refractivity contribution >= 4 is 5.97 Å². The fourth-order valence-electron chi connectivity index (χ4n) is 1.51. The van der Waals surface area contributed by atoms with Crippen molar-refractivity contribution in [3.05, 3.63) is 18.0 Å². The number of aromatic nitrogens is 2. The van der Waals surface area contributed by atoms with Crippen LogP contribution in [-0.4, -0.2) is 29.4 Å². The van der Waals surface area contributed by atoms with E-state index in [1.807, 2.05) is 13.1 Å². The van der Waals surface area contributed by atoms with Crippen molar-refractivity contribution in [1.82, 2.24) is 15.1 Å². The smallest absolute Gasteiger partial charge is 0.327 e. The van der Waals surface area contributed by atoms with E-state index in [9.17, 15) is 4.79 Å². The van der Waals surface area contributed by atoms with Crippen LogP contribution in [-0.2, 0) is 16.1 Å². The van der Waals surface area contributed by atoms with Crippen LogP contribution in [0.3, 0.4) is 0 Å². The minimum Gasteiger partial charge on any atom is -0.468 e. The van der Waals surface area contributed by atoms with Crippen LogP contribution < -0.4 is 5.32 Å². The van der Waals surface area contributed by atoms with E-state index in [-0.39, 0.29) is 5.97 Å². The zero-order valence-corrected chi connectivity index (χ0v) is 10.9. The summed E-state index contributed by atoms with van der Waals surface area (Å²) in [6.45, 7) is 7.74. The lowest BCUT2D eigenvalue weighted by atomic mass is 10.1. The number of ether oxygens (including phenoxy) is 1. The lowest BCUT2D eigenvalue weighted by Gasteiger charge is -2.16. The fourth-order valence-corrected chi connectivity index (χ4v) is 1.51. The van der Waals surface area contributed by atoms with Crippen molar-refractivity contribution in [2.24, 2.45) is 5.92 Å². The molecule has 5 heteroatoms. The second-order valence-corrected chi connectivity index (χ2v) is 4.39. The van der Waals surface area contributed by atoms with Crippen LogP contribution >= 0.6 is 0 Å². The number of carbonyl (C=O) groups excluding carboxylic acids is 1. The third kappa shape index (κ3) is 3.85. The fraction of sp³-hybridized carbons (Fsp3) is 0.667. The third-order valence-corrected chi connectivity index (χ3v) is 2.48. The molecule has 17 heavy (non-hydrogen) atoms. The first-order valence-corrected chi connectivity index (χ1v) is 5.92. The highest BCUT2D eigenvalue weighted by molar-refractivity contribution is 5.77. The van der Waals surface area contributed by atoms with Crippen LogP contribution in [0.25, 0.3) is 0 Å². The van der Waals surface area contributed by atoms with Crippen LogP contribution in [0.15, 0.2) is 12.4 Å². The molecule has 1 atom stereocenters. The van der Waals surface area contributed by atoms with Gasteiger partial charge in [-0.3, -0.25) is 4.68 Å². The van der Waals surface area contributed by atoms with Crippen LogP contribution in [0.5, 0.6) is 0 Å². The lowest BCUT2D eigenvalue weighted by Crippen LogP contribution is -2.32. The molecule has 0 aliphatic carbocycles. The zero-order valence-electron chi connectivity index (χ0n) is 10.9. The average molecular weight is 239 g/mol. The second kappa shape index (κ2) is 6.39. The van der Waals surface area contributed by atoms with Crippen LogP contribution in [0.1, 0.15) is 32.4 Å². The Balaban J connectivity index is 2.78. The van der Waals surface area contributed by atoms with Gasteiger partial charge in [0.2, 0.25) is 0 Å². The van der Waals surface area contributed by atoms with Gasteiger partial charge in [0.15, 0.2) is 0 Å². The highest BCUT2D eigenvalue weighted by Crippen LogP contribution is 2.14. The van der Waals surface area contributed by atoms with E-state index in [4.69, 9.17) is 4.74 Å². The molecule has 1 aromatic heterocycles. The Bertz CT molecular complexity index is 360. The van der Waals surface area contributed by atoms with Gasteiger partial charge in [-0.15, -0.1) is 0 Å². The maximum atomic E-state index is 11.7. The molecule has 0 amide bonds. The van der Waals surface area contributed by atoms with Gasteiger partial charge in [0, 0.05) is 18.3 Å². The molecule has 1 heterocycles. The van der Waals surface area contributed by atoms with Crippen molar-refractivity contribution in [3.63, 3.8) is 0 Å². The van der Waals surface area contributed by atoms with Crippen molar-refractivity contribution in [3.8, 4) is 0 Å². The van der Waals surface area contributed by atoms with Crippen LogP contribution in [0.4, 0.5) is 0 Å². The van der Waals surface area contributed by atoms with Crippen molar-refractivity contribution in [2.75, 3.05) is 13.7 Å². The normalized spacial score (nSPS) is 12.8. The van der Waals surface area contributed by atoms with Crippen molar-refractivity contribution in [1.29, 1.82) is 0 Å². The number of nitrogens with zero attached hydrogens (tertiary/aromatic N) is 2. The highest BCUT2D eigenvalue weighted by Gasteiger charge is 2.22. The number of hydrogen-bond acceptors (Lipinski definition) is 4. The molecule has 1 N–H and O–H groups in total. The molecule has 1 unspecified atom stereocenters. The Morgan fingerprint density at radius 2 is 2.29 bits per heavy atom. The molecule has 0 spiro atoms. The van der Waals surface area contributed by atoms with E-state index < -0.39 is 6.04 Å². The van der Waals surface area contributed by atoms with Crippen LogP contribution in [0.2, 0.25) is 0 Å². The summed E-state index contributed by atoms with van der Waals surface area (Å²) in [6, 6.07) is -0.428. The van der Waals surface area contributed by atoms with E-state index in [0.29, 0.717) is 5.92 Å². The predicted octanol–water partition coefficient (Wildman–Crippen LogP) is 1.36. The van der Waals surface area contributed by atoms with Gasteiger partial charge in [-0.25, -0.2) is 4.79 Å². The van der Waals surface area contributed by atoms with Gasteiger partial charge < -0.3 is 10.1 Å². The first kappa shape index (κ1) is 13.7. The van der Waals surface area contributed by atoms with E-state index in [1.54, 1.807) is 10.9 Å². The summed E-state index contributed by atoms with van der Waals surface area (Å²) in [6.07, 6.45) is 3.58. The zero-order chi connectivity index (χ0) is 12.8. The molecule has 0 aromatic carbocycles. The summed E-state index contributed by atoms with van der Waals surface area (Å²) in [7, 11) is 1.40. The van der Waals surface area contributed by atoms with Crippen molar-refractivity contribution in [2.45, 2.75) is 33.4 Å². The molecule has 0 fully saturated rings. The molecule has 0 saturated carbocycles. The van der Waals surface area contributed by atoms with Gasteiger partial charge in [-0.1, -0.05) is 13.8 Å². The molecular formula is C12H21N3O2. The monoisotopic (exact) mass is 239 g/mol. The van der Waals surface area contributed by atoms with Gasteiger partial charge >= 0.3 is 5.97 Å². The number of esters is 1. The second-order valence-electron chi connectivity index (χ2n) is 4.39. The Morgan fingerprint density at radius 3 is 2.76 bits per heavy atom. The van der Waals surface area contributed by atoms with Gasteiger partial charge in [-0.2, -0.15) is 5.10 Å². The quantitative estimate of drug-likeness (QED) is 0.762. The summed E-state index contributed by atoms with van der Waals surface area (Å²) < 4.78 is 6.60. The van der Waals surface area contributed by atoms with Crippen molar-refractivity contribution < 1.29 is 9.53 Å². The minimum atomic E-state index is -0.428. The lowest BCUT2D eigenvalue weighted by molar-refractivity contribution is -0.143. The summed E-state index contributed by atoms with van der Waals surface area (Å²) >= 11 is 0. The molecule has 1 aromatic rings. The van der Waals surface area contributed by atoms with E-state index in [1.165, 1.54) is 7.11 Å². The molecule has 96 valence electrons. The summed E-state index contributed by atoms with van der Waals surface area (Å²) in [5.41, 5.74) is 0.847. The number of hydrogen-bond donors (Lipinski definition) is 1. The third-order valence-electron chi connectivity index (χ3n) is 2.48. The summed E-state index contributed by atoms with van der Waals surface area (Å²) in [5.74, 6) is 0.199. The number of nitrogens with one attached hydrogen (secondary N) is 1. The maximum absolute atomic E-state index is 11.7. The number of carbonyl (C=O) groups is 1. The number of rotatable bonds is 6. The standard InChI is InChI=1S/C12H21N3O2/c1-5-15-8-10(7-14-15)11(12(16)17-4)13-6-9(2)3/h7-9,11,13H,5-6H2,1-4H3. The number of aryl methyl sites for hydroxylation is 1. The molecular weight excluding hydrogens is 218 g/mol. The Labute approximate surface area is 102 Å². The molecule has 1 rings (SSSR count). The topological polar surface area (TPSA) is 56.2 Å². The van der Waals surface area contributed by atoms with Crippen LogP contribution in [0, 0.1) is 5.92 Å². The molecule has 0 bridgehead atoms. The van der Waals surface area contributed by atoms with E-state index in [2.05, 4.69) is 24.3 Å². The van der Waals surface area contributed by atoms with Gasteiger partial charge in [0.25, 0.3) is 0 Å². The minimum absolute atomic E-state index is 0.277. The first-order chi connectivity index (χ1) is 8.08. The molecule has 0 saturated heterocycles. The first-order valence-electron chi connectivity index (χ1n) is 5.92. The SMILES string of the molecule is CCn1cc(C(NCC(C)C)C(=O)OC)cn1. The largest absolute Gasteiger partial charge is 0.468 e. The highest BCUT2D eigenvalue weighted by atomic mass is 16.5. The molecule has 5 nitrogen and oxygen atoms in total.